The molecule has 6 aromatic rings. The molecule has 0 bridgehead atoms. The lowest BCUT2D eigenvalue weighted by molar-refractivity contribution is 0.313. The summed E-state index contributed by atoms with van der Waals surface area (Å²) in [5.74, 6) is 1.65. The van der Waals surface area contributed by atoms with Gasteiger partial charge in [0.25, 0.3) is 5.56 Å². The van der Waals surface area contributed by atoms with E-state index in [1.165, 1.54) is 16.4 Å². The summed E-state index contributed by atoms with van der Waals surface area (Å²) >= 11 is 0. The predicted octanol–water partition coefficient (Wildman–Crippen LogP) is 3.87. The van der Waals surface area contributed by atoms with Crippen LogP contribution in [0.2, 0.25) is 0 Å². The Hall–Kier alpha value is -5.03. The molecule has 0 unspecified atom stereocenters. The number of anilines is 3. The number of piperazine rings is 1. The van der Waals surface area contributed by atoms with Crippen molar-refractivity contribution < 1.29 is 4.74 Å². The van der Waals surface area contributed by atoms with Gasteiger partial charge >= 0.3 is 0 Å². The minimum Gasteiger partial charge on any atom is -0.494 e. The van der Waals surface area contributed by atoms with Gasteiger partial charge in [0, 0.05) is 61.4 Å². The van der Waals surface area contributed by atoms with E-state index < -0.39 is 0 Å². The number of ether oxygens (including phenoxy) is 1. The number of benzene rings is 2. The molecule has 5 heterocycles. The number of nitrogens with one attached hydrogen (secondary N) is 1. The molecule has 4 aromatic heterocycles. The average molecular weight is 548 g/mol. The third-order valence-electron chi connectivity index (χ3n) is 7.41. The highest BCUT2D eigenvalue weighted by Gasteiger charge is 2.20. The highest BCUT2D eigenvalue weighted by atomic mass is 16.5. The zero-order valence-electron chi connectivity index (χ0n) is 22.9. The van der Waals surface area contributed by atoms with Crippen LogP contribution >= 0.6 is 0 Å². The lowest BCUT2D eigenvalue weighted by atomic mass is 10.2. The molecule has 11 heteroatoms. The monoisotopic (exact) mass is 547 g/mol. The van der Waals surface area contributed by atoms with Gasteiger partial charge in [0.2, 0.25) is 5.95 Å². The zero-order chi connectivity index (χ0) is 27.9. The first-order valence-electron chi connectivity index (χ1n) is 13.7. The van der Waals surface area contributed by atoms with Crippen LogP contribution in [0.3, 0.4) is 0 Å². The maximum absolute atomic E-state index is 13.9. The van der Waals surface area contributed by atoms with E-state index in [1.807, 2.05) is 55.5 Å². The van der Waals surface area contributed by atoms with Gasteiger partial charge in [0.15, 0.2) is 17.1 Å². The molecule has 0 saturated carbocycles. The van der Waals surface area contributed by atoms with Crippen LogP contribution in [0.5, 0.6) is 5.75 Å². The van der Waals surface area contributed by atoms with E-state index in [0.717, 1.165) is 42.8 Å². The highest BCUT2D eigenvalue weighted by Crippen LogP contribution is 2.28. The first-order chi connectivity index (χ1) is 20.1. The fraction of sp³-hybridized carbons (Fsp3) is 0.233. The average Bonchev–Trinajstić information content (AvgIpc) is 3.32. The summed E-state index contributed by atoms with van der Waals surface area (Å²) in [6, 6.07) is 19.5. The molecule has 1 fully saturated rings. The number of pyridine rings is 1. The number of nitrogens with zero attached hydrogens (tertiary/aromatic N) is 8. The Morgan fingerprint density at radius 1 is 0.927 bits per heavy atom. The molecular weight excluding hydrogens is 518 g/mol. The molecule has 1 N–H and O–H groups in total. The zero-order valence-corrected chi connectivity index (χ0v) is 22.9. The number of hydrogen-bond acceptors (Lipinski definition) is 9. The van der Waals surface area contributed by atoms with Gasteiger partial charge in [-0.2, -0.15) is 9.50 Å². The summed E-state index contributed by atoms with van der Waals surface area (Å²) in [5, 5.41) is 4.35. The summed E-state index contributed by atoms with van der Waals surface area (Å²) in [6.45, 7) is 6.59. The second kappa shape index (κ2) is 10.2. The maximum atomic E-state index is 13.9. The molecule has 0 atom stereocenters. The summed E-state index contributed by atoms with van der Waals surface area (Å²) in [5.41, 5.74) is 3.31. The van der Waals surface area contributed by atoms with Gasteiger partial charge in [-0.15, -0.1) is 0 Å². The molecule has 0 amide bonds. The molecule has 1 aliphatic rings. The number of hydrogen-bond donors (Lipinski definition) is 1. The van der Waals surface area contributed by atoms with E-state index in [9.17, 15) is 4.79 Å². The van der Waals surface area contributed by atoms with Crippen molar-refractivity contribution in [3.63, 3.8) is 0 Å². The largest absolute Gasteiger partial charge is 0.494 e. The molecule has 41 heavy (non-hydrogen) atoms. The van der Waals surface area contributed by atoms with Crippen LogP contribution in [0.4, 0.5) is 17.3 Å². The summed E-state index contributed by atoms with van der Waals surface area (Å²) < 4.78 is 9.04. The van der Waals surface area contributed by atoms with Gasteiger partial charge in [-0.05, 0) is 62.5 Å². The minimum absolute atomic E-state index is 0.284. The minimum atomic E-state index is -0.284. The van der Waals surface area contributed by atoms with Crippen LogP contribution in [-0.4, -0.2) is 73.9 Å². The van der Waals surface area contributed by atoms with Gasteiger partial charge in [0.1, 0.15) is 11.1 Å². The van der Waals surface area contributed by atoms with E-state index in [4.69, 9.17) is 9.72 Å². The van der Waals surface area contributed by atoms with Crippen molar-refractivity contribution in [1.29, 1.82) is 0 Å². The maximum Gasteiger partial charge on any atom is 0.284 e. The molecule has 0 radical (unpaired) electrons. The smallest absolute Gasteiger partial charge is 0.284 e. The van der Waals surface area contributed by atoms with Gasteiger partial charge in [-0.25, -0.2) is 19.6 Å². The van der Waals surface area contributed by atoms with Crippen molar-refractivity contribution in [2.75, 3.05) is 50.1 Å². The van der Waals surface area contributed by atoms with Crippen LogP contribution in [-0.2, 0) is 0 Å². The first-order valence-corrected chi connectivity index (χ1v) is 13.7. The van der Waals surface area contributed by atoms with Crippen LogP contribution in [0.25, 0.3) is 33.4 Å². The van der Waals surface area contributed by atoms with Crippen molar-refractivity contribution in [3.05, 3.63) is 83.4 Å². The van der Waals surface area contributed by atoms with E-state index in [2.05, 4.69) is 49.2 Å². The number of fused-ring (bicyclic) bond motifs is 4. The molecule has 1 saturated heterocycles. The second-order valence-electron chi connectivity index (χ2n) is 10.1. The first kappa shape index (κ1) is 25.0. The van der Waals surface area contributed by atoms with Gasteiger partial charge in [-0.3, -0.25) is 4.79 Å². The van der Waals surface area contributed by atoms with Crippen molar-refractivity contribution in [1.82, 2.24) is 34.0 Å². The third-order valence-corrected chi connectivity index (χ3v) is 7.41. The molecule has 11 nitrogen and oxygen atoms in total. The van der Waals surface area contributed by atoms with Gasteiger partial charge < -0.3 is 19.9 Å². The SMILES string of the molecule is CCOc1ccc2c(c1)n(-c1ccccn1)n1c(=O)c3cnc(Nc4ccc(N5CCN(C)CC5)cc4)nc3nc21. The molecule has 206 valence electrons. The van der Waals surface area contributed by atoms with E-state index >= 15 is 0 Å². The van der Waals surface area contributed by atoms with Crippen molar-refractivity contribution >= 4 is 44.9 Å². The van der Waals surface area contributed by atoms with Crippen LogP contribution in [0.1, 0.15) is 6.92 Å². The summed E-state index contributed by atoms with van der Waals surface area (Å²) in [7, 11) is 2.15. The molecular formula is C30H29N9O2. The topological polar surface area (TPSA) is 106 Å². The van der Waals surface area contributed by atoms with E-state index in [1.54, 1.807) is 10.9 Å². The summed E-state index contributed by atoms with van der Waals surface area (Å²) in [6.07, 6.45) is 3.22. The number of rotatable bonds is 6. The van der Waals surface area contributed by atoms with Crippen molar-refractivity contribution in [2.24, 2.45) is 0 Å². The van der Waals surface area contributed by atoms with E-state index in [-0.39, 0.29) is 5.56 Å². The van der Waals surface area contributed by atoms with Crippen molar-refractivity contribution in [2.45, 2.75) is 6.92 Å². The van der Waals surface area contributed by atoms with Gasteiger partial charge in [-0.1, -0.05) is 6.07 Å². The number of aromatic nitrogens is 6. The molecule has 1 aliphatic heterocycles. The normalized spacial score (nSPS) is 14.2. The van der Waals surface area contributed by atoms with Crippen LogP contribution in [0.15, 0.2) is 77.9 Å². The highest BCUT2D eigenvalue weighted by molar-refractivity contribution is 5.96. The molecule has 0 spiro atoms. The standard InChI is InChI=1S/C30H29N9O2/c1-3-41-22-11-12-23-25(18-22)38(26-6-4-5-13-31-26)39-28(23)34-27-24(29(39)40)19-32-30(35-27)33-20-7-9-21(10-8-20)37-16-14-36(2)15-17-37/h4-13,18-19H,3,14-17H2,1-2H3,(H,32,33,35). The Balaban J connectivity index is 1.29. The fourth-order valence-electron chi connectivity index (χ4n) is 5.28. The Bertz CT molecular complexity index is 1930. The predicted molar refractivity (Wildman–Crippen MR) is 160 cm³/mol. The second-order valence-corrected chi connectivity index (χ2v) is 10.1. The van der Waals surface area contributed by atoms with Crippen LogP contribution < -0.4 is 20.5 Å². The Morgan fingerprint density at radius 2 is 1.76 bits per heavy atom. The Kier molecular flexibility index (Phi) is 6.20. The molecule has 0 aliphatic carbocycles. The fourth-order valence-corrected chi connectivity index (χ4v) is 5.28. The summed E-state index contributed by atoms with van der Waals surface area (Å²) in [4.78, 5) is 37.0. The Morgan fingerprint density at radius 3 is 2.51 bits per heavy atom. The lowest BCUT2D eigenvalue weighted by Gasteiger charge is -2.34. The van der Waals surface area contributed by atoms with Crippen LogP contribution in [0, 0.1) is 0 Å². The molecule has 7 rings (SSSR count). The lowest BCUT2D eigenvalue weighted by Crippen LogP contribution is -2.44. The molecule has 2 aromatic carbocycles. The Labute approximate surface area is 235 Å². The third kappa shape index (κ3) is 4.49. The van der Waals surface area contributed by atoms with E-state index in [0.29, 0.717) is 40.8 Å². The van der Waals surface area contributed by atoms with Crippen molar-refractivity contribution in [3.8, 4) is 11.6 Å². The van der Waals surface area contributed by atoms with Gasteiger partial charge in [0.05, 0.1) is 12.1 Å². The quantitative estimate of drug-likeness (QED) is 0.333. The number of likely N-dealkylation sites (N-methyl/N-ethyl adjacent to an activating group) is 1.